The van der Waals surface area contributed by atoms with Gasteiger partial charge in [-0.15, -0.1) is 0 Å². The Kier molecular flexibility index (Phi) is 6.23. The van der Waals surface area contributed by atoms with Gasteiger partial charge in [0, 0.05) is 30.9 Å². The molecule has 8 nitrogen and oxygen atoms in total. The molecule has 32 heavy (non-hydrogen) atoms. The Morgan fingerprint density at radius 2 is 1.94 bits per heavy atom. The van der Waals surface area contributed by atoms with Crippen molar-refractivity contribution in [3.05, 3.63) is 70.9 Å². The Hall–Kier alpha value is -3.65. The molecule has 0 fully saturated rings. The normalized spacial score (nSPS) is 15.1. The van der Waals surface area contributed by atoms with Crippen molar-refractivity contribution in [1.82, 2.24) is 15.1 Å². The number of phenolic OH excluding ortho intramolecular Hbond substituents is 1. The van der Waals surface area contributed by atoms with E-state index in [1.807, 2.05) is 25.1 Å². The minimum Gasteiger partial charge on any atom is -0.507 e. The second-order valence-corrected chi connectivity index (χ2v) is 7.44. The quantitative estimate of drug-likeness (QED) is 0.414. The van der Waals surface area contributed by atoms with Gasteiger partial charge < -0.3 is 19.5 Å². The van der Waals surface area contributed by atoms with E-state index >= 15 is 0 Å². The van der Waals surface area contributed by atoms with Crippen LogP contribution in [0.3, 0.4) is 0 Å². The van der Waals surface area contributed by atoms with E-state index in [1.165, 1.54) is 7.11 Å². The van der Waals surface area contributed by atoms with Crippen molar-refractivity contribution in [2.45, 2.75) is 19.4 Å². The van der Waals surface area contributed by atoms with Crippen molar-refractivity contribution in [2.24, 2.45) is 0 Å². The summed E-state index contributed by atoms with van der Waals surface area (Å²) in [4.78, 5) is 26.9. The number of hydrogen-bond donors (Lipinski definition) is 2. The molecule has 0 saturated carbocycles. The third kappa shape index (κ3) is 3.85. The number of fused-ring (bicyclic) bond motifs is 1. The van der Waals surface area contributed by atoms with Crippen LogP contribution >= 0.6 is 0 Å². The molecule has 8 heteroatoms. The van der Waals surface area contributed by atoms with Crippen LogP contribution in [0.25, 0.3) is 11.3 Å². The number of phenols is 1. The molecule has 0 saturated heterocycles. The number of hydrogen-bond acceptors (Lipinski definition) is 6. The van der Waals surface area contributed by atoms with Crippen LogP contribution in [0.5, 0.6) is 5.75 Å². The molecule has 166 valence electrons. The number of para-hydroxylation sites is 1. The number of H-pyrrole nitrogens is 1. The first-order valence-corrected chi connectivity index (χ1v) is 10.5. The number of nitrogens with zero attached hydrogens (tertiary/aromatic N) is 2. The highest BCUT2D eigenvalue weighted by Gasteiger charge is 2.42. The predicted octanol–water partition coefficient (Wildman–Crippen LogP) is 3.54. The van der Waals surface area contributed by atoms with E-state index in [2.05, 4.69) is 10.2 Å². The minimum atomic E-state index is -0.425. The van der Waals surface area contributed by atoms with E-state index in [9.17, 15) is 14.7 Å². The van der Waals surface area contributed by atoms with E-state index < -0.39 is 12.0 Å². The summed E-state index contributed by atoms with van der Waals surface area (Å²) in [6.45, 7) is 3.59. The molecule has 0 aliphatic carbocycles. The molecular weight excluding hydrogens is 410 g/mol. The van der Waals surface area contributed by atoms with Crippen LogP contribution in [0, 0.1) is 0 Å². The van der Waals surface area contributed by atoms with Crippen molar-refractivity contribution in [1.29, 1.82) is 0 Å². The average molecular weight is 435 g/mol. The highest BCUT2D eigenvalue weighted by atomic mass is 16.5. The first kappa shape index (κ1) is 21.6. The number of methoxy groups -OCH3 is 1. The van der Waals surface area contributed by atoms with Crippen LogP contribution in [0.2, 0.25) is 0 Å². The number of benzene rings is 2. The first-order chi connectivity index (χ1) is 15.6. The second-order valence-electron chi connectivity index (χ2n) is 7.44. The largest absolute Gasteiger partial charge is 0.507 e. The number of rotatable bonds is 8. The molecule has 3 aromatic rings. The lowest BCUT2D eigenvalue weighted by Crippen LogP contribution is -2.31. The summed E-state index contributed by atoms with van der Waals surface area (Å²) in [5.74, 6) is -0.497. The minimum absolute atomic E-state index is 0.0869. The molecule has 2 heterocycles. The Bertz CT molecular complexity index is 1120. The number of aromatic amines is 1. The number of esters is 1. The van der Waals surface area contributed by atoms with E-state index in [0.717, 1.165) is 5.56 Å². The average Bonchev–Trinajstić information content (AvgIpc) is 3.35. The van der Waals surface area contributed by atoms with Gasteiger partial charge >= 0.3 is 5.97 Å². The molecular formula is C24H25N3O5. The molecule has 1 atom stereocenters. The third-order valence-electron chi connectivity index (χ3n) is 5.56. The van der Waals surface area contributed by atoms with Crippen molar-refractivity contribution < 1.29 is 24.2 Å². The fourth-order valence-corrected chi connectivity index (χ4v) is 4.05. The fourth-order valence-electron chi connectivity index (χ4n) is 4.05. The van der Waals surface area contributed by atoms with Crippen LogP contribution in [-0.2, 0) is 9.47 Å². The standard InChI is InChI=1S/C24H25N3O5/c1-3-32-14-6-13-27-22(15-9-11-16(12-10-15)24(30)31-2)19-20(25-26-21(19)23(27)29)17-7-4-5-8-18(17)28/h4-5,7-12,22,28H,3,6,13-14H2,1-2H3,(H,25,26)/t22-/m1/s1. The summed E-state index contributed by atoms with van der Waals surface area (Å²) < 4.78 is 10.2. The van der Waals surface area contributed by atoms with Crippen molar-refractivity contribution in [3.63, 3.8) is 0 Å². The van der Waals surface area contributed by atoms with Crippen LogP contribution in [-0.4, -0.2) is 58.9 Å². The lowest BCUT2D eigenvalue weighted by molar-refractivity contribution is 0.0599. The zero-order valence-corrected chi connectivity index (χ0v) is 18.0. The zero-order valence-electron chi connectivity index (χ0n) is 18.0. The number of ether oxygens (including phenoxy) is 2. The maximum atomic E-state index is 13.3. The molecule has 1 aliphatic rings. The molecule has 2 N–H and O–H groups in total. The van der Waals surface area contributed by atoms with Crippen molar-refractivity contribution in [2.75, 3.05) is 26.9 Å². The molecule has 4 rings (SSSR count). The topological polar surface area (TPSA) is 105 Å². The van der Waals surface area contributed by atoms with Gasteiger partial charge in [-0.2, -0.15) is 5.10 Å². The van der Waals surface area contributed by atoms with E-state index in [4.69, 9.17) is 9.47 Å². The molecule has 0 unspecified atom stereocenters. The summed E-state index contributed by atoms with van der Waals surface area (Å²) in [6, 6.07) is 13.5. The van der Waals surface area contributed by atoms with Gasteiger partial charge in [0.15, 0.2) is 0 Å². The van der Waals surface area contributed by atoms with E-state index in [1.54, 1.807) is 35.2 Å². The van der Waals surface area contributed by atoms with Crippen LogP contribution in [0.15, 0.2) is 48.5 Å². The fraction of sp³-hybridized carbons (Fsp3) is 0.292. The van der Waals surface area contributed by atoms with Gasteiger partial charge in [0.05, 0.1) is 18.7 Å². The molecule has 0 bridgehead atoms. The summed E-state index contributed by atoms with van der Waals surface area (Å²) in [5.41, 5.74) is 3.45. The van der Waals surface area contributed by atoms with Crippen molar-refractivity contribution in [3.8, 4) is 17.0 Å². The maximum absolute atomic E-state index is 13.3. The number of aromatic nitrogens is 2. The first-order valence-electron chi connectivity index (χ1n) is 10.5. The van der Waals surface area contributed by atoms with Gasteiger partial charge in [-0.3, -0.25) is 9.89 Å². The molecule has 2 aromatic carbocycles. The summed E-state index contributed by atoms with van der Waals surface area (Å²) in [7, 11) is 1.34. The predicted molar refractivity (Wildman–Crippen MR) is 117 cm³/mol. The van der Waals surface area contributed by atoms with Gasteiger partial charge in [0.25, 0.3) is 5.91 Å². The zero-order chi connectivity index (χ0) is 22.7. The monoisotopic (exact) mass is 435 g/mol. The molecule has 1 aliphatic heterocycles. The highest BCUT2D eigenvalue weighted by molar-refractivity contribution is 6.00. The second kappa shape index (κ2) is 9.23. The van der Waals surface area contributed by atoms with Gasteiger partial charge in [-0.05, 0) is 43.2 Å². The summed E-state index contributed by atoms with van der Waals surface area (Å²) >= 11 is 0. The third-order valence-corrected chi connectivity index (χ3v) is 5.56. The lowest BCUT2D eigenvalue weighted by atomic mass is 9.95. The van der Waals surface area contributed by atoms with E-state index in [-0.39, 0.29) is 11.7 Å². The van der Waals surface area contributed by atoms with Crippen LogP contribution in [0.1, 0.15) is 51.4 Å². The molecule has 0 radical (unpaired) electrons. The van der Waals surface area contributed by atoms with Crippen LogP contribution < -0.4 is 0 Å². The van der Waals surface area contributed by atoms with Gasteiger partial charge in [-0.1, -0.05) is 24.3 Å². The SMILES string of the molecule is CCOCCCN1C(=O)c2[nH]nc(-c3ccccc3O)c2[C@H]1c1ccc(C(=O)OC)cc1. The van der Waals surface area contributed by atoms with Gasteiger partial charge in [0.2, 0.25) is 0 Å². The Balaban J connectivity index is 1.77. The molecule has 1 amide bonds. The Morgan fingerprint density at radius 1 is 1.19 bits per heavy atom. The number of aromatic hydroxyl groups is 1. The van der Waals surface area contributed by atoms with E-state index in [0.29, 0.717) is 54.3 Å². The smallest absolute Gasteiger partial charge is 0.337 e. The van der Waals surface area contributed by atoms with Crippen molar-refractivity contribution >= 4 is 11.9 Å². The van der Waals surface area contributed by atoms with Gasteiger partial charge in [0.1, 0.15) is 17.1 Å². The molecule has 0 spiro atoms. The number of amides is 1. The number of carbonyl (C=O) groups is 2. The highest BCUT2D eigenvalue weighted by Crippen LogP contribution is 2.44. The van der Waals surface area contributed by atoms with Gasteiger partial charge in [-0.25, -0.2) is 4.79 Å². The molecule has 1 aromatic heterocycles. The summed E-state index contributed by atoms with van der Waals surface area (Å²) in [5, 5.41) is 17.6. The number of nitrogens with one attached hydrogen (secondary N) is 1. The number of carbonyl (C=O) groups excluding carboxylic acids is 2. The Labute approximate surface area is 185 Å². The van der Waals surface area contributed by atoms with Crippen LogP contribution in [0.4, 0.5) is 0 Å². The maximum Gasteiger partial charge on any atom is 0.337 e. The lowest BCUT2D eigenvalue weighted by Gasteiger charge is -2.26. The summed E-state index contributed by atoms with van der Waals surface area (Å²) in [6.07, 6.45) is 0.681. The Morgan fingerprint density at radius 3 is 2.62 bits per heavy atom.